The molecule has 0 heterocycles. The van der Waals surface area contributed by atoms with Crippen molar-refractivity contribution >= 4 is 5.91 Å². The van der Waals surface area contributed by atoms with Crippen molar-refractivity contribution in [3.8, 4) is 0 Å². The average molecular weight is 263 g/mol. The fourth-order valence-electron chi connectivity index (χ4n) is 4.68. The van der Waals surface area contributed by atoms with Crippen molar-refractivity contribution in [3.63, 3.8) is 0 Å². The van der Waals surface area contributed by atoms with Crippen molar-refractivity contribution in [1.82, 2.24) is 5.32 Å². The molecule has 19 heavy (non-hydrogen) atoms. The van der Waals surface area contributed by atoms with E-state index in [-0.39, 0.29) is 0 Å². The van der Waals surface area contributed by atoms with E-state index >= 15 is 0 Å². The molecule has 0 saturated heterocycles. The smallest absolute Gasteiger partial charge is 0.223 e. The highest BCUT2D eigenvalue weighted by atomic mass is 16.1. The van der Waals surface area contributed by atoms with Gasteiger partial charge >= 0.3 is 0 Å². The molecular formula is C17H29NO. The second-order valence-corrected chi connectivity index (χ2v) is 7.16. The Kier molecular flexibility index (Phi) is 4.45. The van der Waals surface area contributed by atoms with E-state index in [9.17, 15) is 4.79 Å². The van der Waals surface area contributed by atoms with Crippen LogP contribution in [0.2, 0.25) is 0 Å². The van der Waals surface area contributed by atoms with Gasteiger partial charge in [0.1, 0.15) is 0 Å². The monoisotopic (exact) mass is 263 g/mol. The first-order valence-electron chi connectivity index (χ1n) is 8.63. The number of hydrogen-bond acceptors (Lipinski definition) is 1. The zero-order valence-corrected chi connectivity index (χ0v) is 12.2. The average Bonchev–Trinajstić information content (AvgIpc) is 2.48. The van der Waals surface area contributed by atoms with Crippen LogP contribution in [0.15, 0.2) is 0 Å². The lowest BCUT2D eigenvalue weighted by molar-refractivity contribution is -0.128. The van der Waals surface area contributed by atoms with E-state index in [2.05, 4.69) is 5.32 Å². The quantitative estimate of drug-likeness (QED) is 0.800. The lowest BCUT2D eigenvalue weighted by Crippen LogP contribution is -2.42. The minimum absolute atomic E-state index is 0.335. The number of hydrogen-bond donors (Lipinski definition) is 1. The third kappa shape index (κ3) is 3.32. The Labute approximate surface area is 117 Å². The molecule has 1 amide bonds. The van der Waals surface area contributed by atoms with Gasteiger partial charge in [-0.15, -0.1) is 0 Å². The zero-order valence-electron chi connectivity index (χ0n) is 12.2. The summed E-state index contributed by atoms with van der Waals surface area (Å²) in [6.45, 7) is 0. The number of fused-ring (bicyclic) bond motifs is 1. The van der Waals surface area contributed by atoms with Gasteiger partial charge in [0.05, 0.1) is 0 Å². The maximum atomic E-state index is 12.4. The highest BCUT2D eigenvalue weighted by Gasteiger charge is 2.35. The Hall–Kier alpha value is -0.530. The normalized spacial score (nSPS) is 36.5. The molecule has 0 aromatic carbocycles. The van der Waals surface area contributed by atoms with Crippen LogP contribution < -0.4 is 5.32 Å². The highest BCUT2D eigenvalue weighted by Crippen LogP contribution is 2.42. The summed E-state index contributed by atoms with van der Waals surface area (Å²) in [4.78, 5) is 12.4. The number of carbonyl (C=O) groups excluding carboxylic acids is 1. The van der Waals surface area contributed by atoms with Crippen LogP contribution in [-0.2, 0) is 4.79 Å². The van der Waals surface area contributed by atoms with E-state index in [1.165, 1.54) is 70.6 Å². The molecule has 3 rings (SSSR count). The molecule has 0 radical (unpaired) electrons. The van der Waals surface area contributed by atoms with Crippen molar-refractivity contribution in [3.05, 3.63) is 0 Å². The SMILES string of the molecule is O=C(NC1CCCCC1)C1CCC2CCCCC2C1. The lowest BCUT2D eigenvalue weighted by Gasteiger charge is -2.39. The van der Waals surface area contributed by atoms with Crippen molar-refractivity contribution < 1.29 is 4.79 Å². The Bertz CT molecular complexity index is 308. The van der Waals surface area contributed by atoms with E-state index < -0.39 is 0 Å². The maximum Gasteiger partial charge on any atom is 0.223 e. The van der Waals surface area contributed by atoms with Gasteiger partial charge in [-0.25, -0.2) is 0 Å². The third-order valence-corrected chi connectivity index (χ3v) is 5.86. The second-order valence-electron chi connectivity index (χ2n) is 7.16. The molecular weight excluding hydrogens is 234 g/mol. The van der Waals surface area contributed by atoms with Gasteiger partial charge in [0.15, 0.2) is 0 Å². The predicted molar refractivity (Wildman–Crippen MR) is 77.8 cm³/mol. The molecule has 3 unspecified atom stereocenters. The number of nitrogens with one attached hydrogen (secondary N) is 1. The van der Waals surface area contributed by atoms with Crippen LogP contribution in [-0.4, -0.2) is 11.9 Å². The molecule has 2 heteroatoms. The molecule has 108 valence electrons. The van der Waals surface area contributed by atoms with E-state index in [1.54, 1.807) is 0 Å². The molecule has 3 aliphatic carbocycles. The Balaban J connectivity index is 1.49. The summed E-state index contributed by atoms with van der Waals surface area (Å²) in [5, 5.41) is 3.35. The molecule has 2 nitrogen and oxygen atoms in total. The summed E-state index contributed by atoms with van der Waals surface area (Å²) >= 11 is 0. The molecule has 3 aliphatic rings. The predicted octanol–water partition coefficient (Wildman–Crippen LogP) is 4.04. The minimum atomic E-state index is 0.335. The fourth-order valence-corrected chi connectivity index (χ4v) is 4.68. The highest BCUT2D eigenvalue weighted by molar-refractivity contribution is 5.79. The van der Waals surface area contributed by atoms with Crippen LogP contribution in [0.4, 0.5) is 0 Å². The Morgan fingerprint density at radius 1 is 0.737 bits per heavy atom. The summed E-state index contributed by atoms with van der Waals surface area (Å²) < 4.78 is 0. The van der Waals surface area contributed by atoms with Gasteiger partial charge in [-0.1, -0.05) is 44.9 Å². The summed E-state index contributed by atoms with van der Waals surface area (Å²) in [5.41, 5.74) is 0. The van der Waals surface area contributed by atoms with Crippen LogP contribution in [0.3, 0.4) is 0 Å². The molecule has 3 saturated carbocycles. The van der Waals surface area contributed by atoms with Crippen molar-refractivity contribution in [2.24, 2.45) is 17.8 Å². The molecule has 3 atom stereocenters. The van der Waals surface area contributed by atoms with Crippen molar-refractivity contribution in [1.29, 1.82) is 0 Å². The molecule has 3 fully saturated rings. The van der Waals surface area contributed by atoms with Gasteiger partial charge in [0.2, 0.25) is 5.91 Å². The Morgan fingerprint density at radius 3 is 2.21 bits per heavy atom. The molecule has 0 aromatic heterocycles. The van der Waals surface area contributed by atoms with Gasteiger partial charge < -0.3 is 5.32 Å². The van der Waals surface area contributed by atoms with Crippen molar-refractivity contribution in [2.75, 3.05) is 0 Å². The summed E-state index contributed by atoms with van der Waals surface area (Å²) in [6, 6.07) is 0.491. The fraction of sp³-hybridized carbons (Fsp3) is 0.941. The number of amides is 1. The third-order valence-electron chi connectivity index (χ3n) is 5.86. The summed E-state index contributed by atoms with van der Waals surface area (Å²) in [7, 11) is 0. The molecule has 0 aromatic rings. The van der Waals surface area contributed by atoms with Crippen molar-refractivity contribution in [2.45, 2.75) is 83.1 Å². The molecule has 0 aliphatic heterocycles. The van der Waals surface area contributed by atoms with Crippen LogP contribution >= 0.6 is 0 Å². The summed E-state index contributed by atoms with van der Waals surface area (Å²) in [6.07, 6.45) is 15.7. The van der Waals surface area contributed by atoms with Crippen LogP contribution in [0.5, 0.6) is 0 Å². The molecule has 0 bridgehead atoms. The first-order valence-corrected chi connectivity index (χ1v) is 8.63. The van der Waals surface area contributed by atoms with E-state index in [0.717, 1.165) is 18.3 Å². The second kappa shape index (κ2) is 6.28. The van der Waals surface area contributed by atoms with Gasteiger partial charge in [0.25, 0.3) is 0 Å². The standard InChI is InChI=1S/C17H29NO/c19-17(18-16-8-2-1-3-9-16)15-11-10-13-6-4-5-7-14(13)12-15/h13-16H,1-12H2,(H,18,19). The largest absolute Gasteiger partial charge is 0.353 e. The van der Waals surface area contributed by atoms with E-state index in [4.69, 9.17) is 0 Å². The van der Waals surface area contributed by atoms with E-state index in [0.29, 0.717) is 17.9 Å². The molecule has 1 N–H and O–H groups in total. The zero-order chi connectivity index (χ0) is 13.1. The van der Waals surface area contributed by atoms with Gasteiger partial charge in [-0.2, -0.15) is 0 Å². The topological polar surface area (TPSA) is 29.1 Å². The van der Waals surface area contributed by atoms with E-state index in [1.807, 2.05) is 0 Å². The first-order chi connectivity index (χ1) is 9.33. The maximum absolute atomic E-state index is 12.4. The number of rotatable bonds is 2. The minimum Gasteiger partial charge on any atom is -0.353 e. The van der Waals surface area contributed by atoms with Gasteiger partial charge in [0, 0.05) is 12.0 Å². The first kappa shape index (κ1) is 13.5. The summed E-state index contributed by atoms with van der Waals surface area (Å²) in [5.74, 6) is 2.54. The van der Waals surface area contributed by atoms with Gasteiger partial charge in [-0.05, 0) is 43.9 Å². The molecule has 0 spiro atoms. The van der Waals surface area contributed by atoms with Crippen LogP contribution in [0, 0.1) is 17.8 Å². The van der Waals surface area contributed by atoms with Crippen LogP contribution in [0.1, 0.15) is 77.0 Å². The van der Waals surface area contributed by atoms with Crippen LogP contribution in [0.25, 0.3) is 0 Å². The number of carbonyl (C=O) groups is 1. The lowest BCUT2D eigenvalue weighted by atomic mass is 9.67. The Morgan fingerprint density at radius 2 is 1.42 bits per heavy atom. The van der Waals surface area contributed by atoms with Gasteiger partial charge in [-0.3, -0.25) is 4.79 Å².